The number of allylic oxidation sites excluding steroid dienone is 1. The van der Waals surface area contributed by atoms with Crippen LogP contribution in [0.2, 0.25) is 0 Å². The van der Waals surface area contributed by atoms with Crippen molar-refractivity contribution in [3.8, 4) is 0 Å². The van der Waals surface area contributed by atoms with Crippen molar-refractivity contribution in [3.05, 3.63) is 99.7 Å². The van der Waals surface area contributed by atoms with Gasteiger partial charge in [0.2, 0.25) is 16.6 Å². The average Bonchev–Trinajstić information content (AvgIpc) is 2.83. The van der Waals surface area contributed by atoms with Crippen LogP contribution in [-0.2, 0) is 11.4 Å². The van der Waals surface area contributed by atoms with E-state index in [9.17, 15) is 27.7 Å². The number of Topliss-reactive ketones (excluding diaryl/α,β-unsaturated/α-hetero) is 1. The predicted molar refractivity (Wildman–Crippen MR) is 121 cm³/mol. The maximum absolute atomic E-state index is 13.3. The van der Waals surface area contributed by atoms with Crippen LogP contribution < -0.4 is 10.0 Å². The fraction of sp³-hybridized carbons (Fsp3) is 0.0435. The lowest BCUT2D eigenvalue weighted by molar-refractivity contribution is 0.0696. The molecular weight excluding hydrogens is 468 g/mol. The summed E-state index contributed by atoms with van der Waals surface area (Å²) in [6.45, 7) is 0. The second kappa shape index (κ2) is 10.2. The number of hydrogen-bond donors (Lipinski definition) is 2. The summed E-state index contributed by atoms with van der Waals surface area (Å²) in [7, 11) is 1.49. The molecule has 0 aliphatic carbocycles. The number of primary amides is 1. The number of pyridine rings is 1. The Kier molecular flexibility index (Phi) is 7.39. The monoisotopic (exact) mass is 485 g/mol. The zero-order valence-electron chi connectivity index (χ0n) is 17.6. The third-order valence-corrected chi connectivity index (χ3v) is 6.07. The minimum Gasteiger partial charge on any atom is -0.588 e. The number of carboxylic acids is 1. The van der Waals surface area contributed by atoms with Gasteiger partial charge in [-0.25, -0.2) is 13.6 Å². The van der Waals surface area contributed by atoms with E-state index in [1.165, 1.54) is 54.1 Å². The number of aromatic nitrogens is 1. The number of anilines is 1. The number of carbonyl (C=O) groups excluding carboxylic acids is 2. The lowest BCUT2D eigenvalue weighted by Crippen LogP contribution is -2.36. The van der Waals surface area contributed by atoms with E-state index in [1.807, 2.05) is 0 Å². The summed E-state index contributed by atoms with van der Waals surface area (Å²) in [6.07, 6.45) is 4.26. The quantitative estimate of drug-likeness (QED) is 0.429. The van der Waals surface area contributed by atoms with Crippen LogP contribution in [0.5, 0.6) is 0 Å². The highest BCUT2D eigenvalue weighted by Crippen LogP contribution is 2.35. The van der Waals surface area contributed by atoms with E-state index in [1.54, 1.807) is 12.1 Å². The molecule has 2 aromatic carbocycles. The highest BCUT2D eigenvalue weighted by Gasteiger charge is 2.38. The molecule has 11 heteroatoms. The zero-order valence-corrected chi connectivity index (χ0v) is 18.4. The molecule has 0 saturated heterocycles. The smallest absolute Gasteiger partial charge is 0.335 e. The Morgan fingerprint density at radius 1 is 1.06 bits per heavy atom. The molecule has 3 N–H and O–H groups in total. The van der Waals surface area contributed by atoms with Gasteiger partial charge in [-0.15, -0.1) is 0 Å². The van der Waals surface area contributed by atoms with Crippen LogP contribution in [0.3, 0.4) is 0 Å². The Morgan fingerprint density at radius 2 is 1.74 bits per heavy atom. The van der Waals surface area contributed by atoms with Crippen molar-refractivity contribution in [3.63, 3.8) is 0 Å². The molecular formula is C23H17F2N3O5S. The number of fused-ring (bicyclic) bond motifs is 1. The SMILES string of the molecule is CN1c2ccc(C(=O)O)cc2C(=O)/C(=C\c2ccc(F)c(F)c2)[S+]1[O-].NC(=O)c1ccncc1. The van der Waals surface area contributed by atoms with Gasteiger partial charge in [0.25, 0.3) is 0 Å². The van der Waals surface area contributed by atoms with Crippen molar-refractivity contribution >= 4 is 40.8 Å². The van der Waals surface area contributed by atoms with E-state index in [0.29, 0.717) is 11.3 Å². The van der Waals surface area contributed by atoms with Gasteiger partial charge in [0.1, 0.15) is 11.4 Å². The van der Waals surface area contributed by atoms with Crippen LogP contribution in [-0.4, -0.2) is 39.4 Å². The molecule has 0 spiro atoms. The van der Waals surface area contributed by atoms with Gasteiger partial charge in [0.05, 0.1) is 23.9 Å². The first-order chi connectivity index (χ1) is 16.1. The van der Waals surface area contributed by atoms with Crippen molar-refractivity contribution in [2.45, 2.75) is 0 Å². The maximum Gasteiger partial charge on any atom is 0.335 e. The molecule has 0 radical (unpaired) electrons. The number of aromatic carboxylic acids is 1. The van der Waals surface area contributed by atoms with Gasteiger partial charge >= 0.3 is 5.97 Å². The van der Waals surface area contributed by atoms with Gasteiger partial charge in [-0.2, -0.15) is 4.31 Å². The average molecular weight is 485 g/mol. The summed E-state index contributed by atoms with van der Waals surface area (Å²) >= 11 is -1.86. The van der Waals surface area contributed by atoms with Gasteiger partial charge in [0.15, 0.2) is 11.6 Å². The number of amides is 1. The Labute approximate surface area is 195 Å². The van der Waals surface area contributed by atoms with Crippen LogP contribution in [0.1, 0.15) is 36.6 Å². The minimum absolute atomic E-state index is 0.0795. The van der Waals surface area contributed by atoms with Gasteiger partial charge in [-0.1, -0.05) is 6.07 Å². The van der Waals surface area contributed by atoms with Crippen molar-refractivity contribution < 1.29 is 32.8 Å². The van der Waals surface area contributed by atoms with Gasteiger partial charge in [-0.05, 0) is 48.0 Å². The molecule has 1 aliphatic rings. The highest BCUT2D eigenvalue weighted by atomic mass is 32.2. The summed E-state index contributed by atoms with van der Waals surface area (Å²) in [5.74, 6) is -4.37. The predicted octanol–water partition coefficient (Wildman–Crippen LogP) is 3.18. The third kappa shape index (κ3) is 5.27. The number of nitrogens with zero attached hydrogens (tertiary/aromatic N) is 2. The Balaban J connectivity index is 0.000000302. The van der Waals surface area contributed by atoms with E-state index in [-0.39, 0.29) is 21.6 Å². The second-order valence-electron chi connectivity index (χ2n) is 6.90. The second-order valence-corrected chi connectivity index (χ2v) is 8.38. The molecule has 4 rings (SSSR count). The first-order valence-electron chi connectivity index (χ1n) is 9.54. The Bertz CT molecular complexity index is 1300. The zero-order chi connectivity index (χ0) is 25.0. The molecule has 34 heavy (non-hydrogen) atoms. The fourth-order valence-electron chi connectivity index (χ4n) is 2.96. The first kappa shape index (κ1) is 24.6. The summed E-state index contributed by atoms with van der Waals surface area (Å²) < 4.78 is 40.2. The van der Waals surface area contributed by atoms with E-state index in [4.69, 9.17) is 10.8 Å². The van der Waals surface area contributed by atoms with Crippen LogP contribution in [0.4, 0.5) is 14.5 Å². The van der Waals surface area contributed by atoms with E-state index >= 15 is 0 Å². The van der Waals surface area contributed by atoms with Crippen LogP contribution in [0, 0.1) is 11.6 Å². The Hall–Kier alpha value is -4.09. The molecule has 3 aromatic rings. The molecule has 1 aromatic heterocycles. The number of rotatable bonds is 3. The van der Waals surface area contributed by atoms with Crippen molar-refractivity contribution in [1.82, 2.24) is 4.98 Å². The number of carboxylic acid groups (broad SMARTS) is 1. The molecule has 0 fully saturated rings. The molecule has 1 amide bonds. The number of carbonyl (C=O) groups is 3. The number of halogens is 2. The molecule has 174 valence electrons. The molecule has 1 unspecified atom stereocenters. The summed E-state index contributed by atoms with van der Waals surface area (Å²) in [5, 5.41) is 9.07. The topological polar surface area (TPSA) is 137 Å². The largest absolute Gasteiger partial charge is 0.588 e. The molecule has 8 nitrogen and oxygen atoms in total. The Morgan fingerprint density at radius 3 is 2.29 bits per heavy atom. The van der Waals surface area contributed by atoms with E-state index in [2.05, 4.69) is 4.98 Å². The number of ketones is 1. The molecule has 1 aliphatic heterocycles. The first-order valence-corrected chi connectivity index (χ1v) is 10.6. The number of benzene rings is 2. The van der Waals surface area contributed by atoms with E-state index in [0.717, 1.165) is 12.1 Å². The van der Waals surface area contributed by atoms with Crippen LogP contribution in [0.15, 0.2) is 65.8 Å². The molecule has 1 atom stereocenters. The third-order valence-electron chi connectivity index (χ3n) is 4.69. The fourth-order valence-corrected chi connectivity index (χ4v) is 4.10. The maximum atomic E-state index is 13.3. The highest BCUT2D eigenvalue weighted by molar-refractivity contribution is 7.97. The number of nitrogens with two attached hydrogens (primary N) is 1. The standard InChI is InChI=1S/C17H11F2NO4S.C6H6N2O/c1-20-14-5-3-10(17(22)23)8-11(14)16(21)15(25(20)24)7-9-2-4-12(18)13(19)6-9;7-6(9)5-1-3-8-4-2-5/h2-8H,1H3,(H,22,23);1-4H,(H2,7,9)/b15-7+;. The molecule has 0 bridgehead atoms. The number of hydrogen-bond acceptors (Lipinski definition) is 6. The van der Waals surface area contributed by atoms with Crippen LogP contribution in [0.25, 0.3) is 6.08 Å². The lowest BCUT2D eigenvalue weighted by atomic mass is 10.0. The summed E-state index contributed by atoms with van der Waals surface area (Å²) in [6, 6.07) is 10.1. The summed E-state index contributed by atoms with van der Waals surface area (Å²) in [5.41, 5.74) is 5.93. The van der Waals surface area contributed by atoms with Crippen molar-refractivity contribution in [1.29, 1.82) is 0 Å². The molecule has 2 heterocycles. The molecule has 0 saturated carbocycles. The van der Waals surface area contributed by atoms with Gasteiger partial charge in [-0.3, -0.25) is 14.6 Å². The lowest BCUT2D eigenvalue weighted by Gasteiger charge is -2.29. The summed E-state index contributed by atoms with van der Waals surface area (Å²) in [4.78, 5) is 37.7. The van der Waals surface area contributed by atoms with Gasteiger partial charge in [0, 0.05) is 24.0 Å². The van der Waals surface area contributed by atoms with Crippen molar-refractivity contribution in [2.75, 3.05) is 11.4 Å². The van der Waals surface area contributed by atoms with E-state index < -0.39 is 40.7 Å². The minimum atomic E-state index is -1.86. The normalized spacial score (nSPS) is 15.9. The van der Waals surface area contributed by atoms with Crippen molar-refractivity contribution in [2.24, 2.45) is 5.73 Å². The van der Waals surface area contributed by atoms with Crippen LogP contribution >= 0.6 is 0 Å². The van der Waals surface area contributed by atoms with Gasteiger partial charge < -0.3 is 15.4 Å².